The number of carbonyl (C=O) groups excluding carboxylic acids is 1. The lowest BCUT2D eigenvalue weighted by Gasteiger charge is -2.09. The number of aromatic nitrogens is 2. The Hall–Kier alpha value is -3.21. The van der Waals surface area contributed by atoms with E-state index in [0.717, 1.165) is 16.8 Å². The van der Waals surface area contributed by atoms with Crippen LogP contribution in [0.4, 0.5) is 0 Å². The molecule has 0 aliphatic carbocycles. The smallest absolute Gasteiger partial charge is 0.268 e. The van der Waals surface area contributed by atoms with Gasteiger partial charge in [0, 0.05) is 31.4 Å². The Morgan fingerprint density at radius 3 is 2.67 bits per heavy atom. The molecule has 5 nitrogen and oxygen atoms in total. The minimum atomic E-state index is -0.284. The van der Waals surface area contributed by atoms with E-state index >= 15 is 0 Å². The Bertz CT molecular complexity index is 917. The van der Waals surface area contributed by atoms with Gasteiger partial charge < -0.3 is 9.88 Å². The van der Waals surface area contributed by atoms with Gasteiger partial charge in [-0.05, 0) is 23.8 Å². The largest absolute Gasteiger partial charge is 0.347 e. The molecule has 0 radical (unpaired) electrons. The third kappa shape index (κ3) is 3.41. The van der Waals surface area contributed by atoms with Crippen molar-refractivity contribution in [2.75, 3.05) is 0 Å². The molecule has 0 saturated carbocycles. The minimum absolute atomic E-state index is 0.210. The molecule has 1 aromatic carbocycles. The topological polar surface area (TPSA) is 64.0 Å². The van der Waals surface area contributed by atoms with Gasteiger partial charge in [0.25, 0.3) is 11.5 Å². The predicted molar refractivity (Wildman–Crippen MR) is 92.5 cm³/mol. The summed E-state index contributed by atoms with van der Waals surface area (Å²) >= 11 is 0. The first-order chi connectivity index (χ1) is 11.6. The van der Waals surface area contributed by atoms with Crippen molar-refractivity contribution in [3.8, 4) is 11.3 Å². The molecule has 0 atom stereocenters. The number of nitrogens with one attached hydrogen (secondary N) is 1. The van der Waals surface area contributed by atoms with Gasteiger partial charge in [0.15, 0.2) is 0 Å². The summed E-state index contributed by atoms with van der Waals surface area (Å²) in [4.78, 5) is 28.2. The minimum Gasteiger partial charge on any atom is -0.347 e. The highest BCUT2D eigenvalue weighted by Gasteiger charge is 2.09. The summed E-state index contributed by atoms with van der Waals surface area (Å²) in [5.74, 6) is -0.284. The lowest BCUT2D eigenvalue weighted by Crippen LogP contribution is -2.30. The van der Waals surface area contributed by atoms with Crippen LogP contribution in [0.3, 0.4) is 0 Å². The lowest BCUT2D eigenvalue weighted by molar-refractivity contribution is 0.0941. The summed E-state index contributed by atoms with van der Waals surface area (Å²) in [6, 6.07) is 18.3. The molecular weight excluding hydrogens is 302 g/mol. The molecule has 5 heteroatoms. The first-order valence-corrected chi connectivity index (χ1v) is 7.60. The zero-order chi connectivity index (χ0) is 16.9. The highest BCUT2D eigenvalue weighted by molar-refractivity contribution is 5.92. The SMILES string of the molecule is Cn1c(C(=O)NCc2ccnc(-c3ccccc3)c2)cccc1=O. The Morgan fingerprint density at radius 2 is 1.88 bits per heavy atom. The highest BCUT2D eigenvalue weighted by Crippen LogP contribution is 2.17. The number of pyridine rings is 2. The fourth-order valence-corrected chi connectivity index (χ4v) is 2.42. The zero-order valence-electron chi connectivity index (χ0n) is 13.3. The van der Waals surface area contributed by atoms with Crippen LogP contribution in [0.25, 0.3) is 11.3 Å². The van der Waals surface area contributed by atoms with E-state index in [2.05, 4.69) is 10.3 Å². The number of hydrogen-bond acceptors (Lipinski definition) is 3. The van der Waals surface area contributed by atoms with Gasteiger partial charge in [-0.25, -0.2) is 0 Å². The quantitative estimate of drug-likeness (QED) is 0.803. The Balaban J connectivity index is 1.74. The van der Waals surface area contributed by atoms with E-state index in [-0.39, 0.29) is 11.5 Å². The van der Waals surface area contributed by atoms with Gasteiger partial charge in [0.05, 0.1) is 5.69 Å². The summed E-state index contributed by atoms with van der Waals surface area (Å²) in [5, 5.41) is 2.84. The number of carbonyl (C=O) groups is 1. The molecule has 1 amide bonds. The summed E-state index contributed by atoms with van der Waals surface area (Å²) in [7, 11) is 1.58. The molecule has 2 aromatic heterocycles. The van der Waals surface area contributed by atoms with Crippen molar-refractivity contribution >= 4 is 5.91 Å². The van der Waals surface area contributed by atoms with E-state index in [0.29, 0.717) is 12.2 Å². The van der Waals surface area contributed by atoms with Gasteiger partial charge in [0.1, 0.15) is 5.69 Å². The number of amides is 1. The number of rotatable bonds is 4. The summed E-state index contributed by atoms with van der Waals surface area (Å²) < 4.78 is 1.33. The molecule has 24 heavy (non-hydrogen) atoms. The summed E-state index contributed by atoms with van der Waals surface area (Å²) in [6.07, 6.45) is 1.72. The molecule has 0 aliphatic heterocycles. The van der Waals surface area contributed by atoms with Crippen LogP contribution >= 0.6 is 0 Å². The molecule has 3 rings (SSSR count). The fraction of sp³-hybridized carbons (Fsp3) is 0.105. The van der Waals surface area contributed by atoms with Crippen molar-refractivity contribution in [1.29, 1.82) is 0 Å². The summed E-state index contributed by atoms with van der Waals surface area (Å²) in [5.41, 5.74) is 2.95. The van der Waals surface area contributed by atoms with Crippen LogP contribution in [0.1, 0.15) is 16.1 Å². The predicted octanol–water partition coefficient (Wildman–Crippen LogP) is 2.38. The first-order valence-electron chi connectivity index (χ1n) is 7.60. The van der Waals surface area contributed by atoms with Crippen molar-refractivity contribution in [2.45, 2.75) is 6.54 Å². The molecule has 0 unspecified atom stereocenters. The maximum atomic E-state index is 12.3. The van der Waals surface area contributed by atoms with Crippen molar-refractivity contribution in [2.24, 2.45) is 7.05 Å². The normalized spacial score (nSPS) is 10.4. The highest BCUT2D eigenvalue weighted by atomic mass is 16.2. The summed E-state index contributed by atoms with van der Waals surface area (Å²) in [6.45, 7) is 0.365. The van der Waals surface area contributed by atoms with Crippen LogP contribution in [-0.2, 0) is 13.6 Å². The molecule has 120 valence electrons. The van der Waals surface area contributed by atoms with Crippen molar-refractivity contribution in [3.63, 3.8) is 0 Å². The van der Waals surface area contributed by atoms with Crippen LogP contribution in [0, 0.1) is 0 Å². The standard InChI is InChI=1S/C19H17N3O2/c1-22-17(8-5-9-18(22)23)19(24)21-13-14-10-11-20-16(12-14)15-6-3-2-4-7-15/h2-12H,13H2,1H3,(H,21,24). The van der Waals surface area contributed by atoms with Crippen molar-refractivity contribution in [1.82, 2.24) is 14.9 Å². The molecule has 0 spiro atoms. The van der Waals surface area contributed by atoms with Gasteiger partial charge in [-0.1, -0.05) is 36.4 Å². The third-order valence-electron chi connectivity index (χ3n) is 3.76. The molecular formula is C19H17N3O2. The van der Waals surface area contributed by atoms with E-state index in [4.69, 9.17) is 0 Å². The van der Waals surface area contributed by atoms with Crippen LogP contribution in [0.2, 0.25) is 0 Å². The molecule has 0 fully saturated rings. The van der Waals surface area contributed by atoms with Gasteiger partial charge in [-0.2, -0.15) is 0 Å². The average molecular weight is 319 g/mol. The van der Waals surface area contributed by atoms with E-state index in [1.807, 2.05) is 42.5 Å². The van der Waals surface area contributed by atoms with Gasteiger partial charge >= 0.3 is 0 Å². The molecule has 0 aliphatic rings. The number of hydrogen-bond donors (Lipinski definition) is 1. The molecule has 3 aromatic rings. The Labute approximate surface area is 139 Å². The monoisotopic (exact) mass is 319 g/mol. The van der Waals surface area contributed by atoms with E-state index < -0.39 is 0 Å². The Kier molecular flexibility index (Phi) is 4.52. The van der Waals surface area contributed by atoms with Crippen LogP contribution in [0.15, 0.2) is 71.7 Å². The zero-order valence-corrected chi connectivity index (χ0v) is 13.3. The first kappa shape index (κ1) is 15.7. The van der Waals surface area contributed by atoms with E-state index in [1.54, 1.807) is 25.4 Å². The second kappa shape index (κ2) is 6.91. The van der Waals surface area contributed by atoms with Gasteiger partial charge in [-0.3, -0.25) is 14.6 Å². The third-order valence-corrected chi connectivity index (χ3v) is 3.76. The Morgan fingerprint density at radius 1 is 1.08 bits per heavy atom. The molecule has 0 saturated heterocycles. The van der Waals surface area contributed by atoms with E-state index in [1.165, 1.54) is 10.6 Å². The number of nitrogens with zero attached hydrogens (tertiary/aromatic N) is 2. The van der Waals surface area contributed by atoms with Gasteiger partial charge in [-0.15, -0.1) is 0 Å². The molecule has 2 heterocycles. The van der Waals surface area contributed by atoms with E-state index in [9.17, 15) is 9.59 Å². The maximum absolute atomic E-state index is 12.3. The molecule has 0 bridgehead atoms. The van der Waals surface area contributed by atoms with Crippen molar-refractivity contribution in [3.05, 3.63) is 88.5 Å². The number of benzene rings is 1. The van der Waals surface area contributed by atoms with Crippen LogP contribution < -0.4 is 10.9 Å². The second-order valence-electron chi connectivity index (χ2n) is 5.41. The van der Waals surface area contributed by atoms with Crippen LogP contribution in [0.5, 0.6) is 0 Å². The van der Waals surface area contributed by atoms with Crippen molar-refractivity contribution < 1.29 is 4.79 Å². The maximum Gasteiger partial charge on any atom is 0.268 e. The molecule has 1 N–H and O–H groups in total. The fourth-order valence-electron chi connectivity index (χ4n) is 2.42. The second-order valence-corrected chi connectivity index (χ2v) is 5.41. The average Bonchev–Trinajstić information content (AvgIpc) is 2.63. The van der Waals surface area contributed by atoms with Crippen LogP contribution in [-0.4, -0.2) is 15.5 Å². The van der Waals surface area contributed by atoms with Gasteiger partial charge in [0.2, 0.25) is 0 Å². The lowest BCUT2D eigenvalue weighted by atomic mass is 10.1.